The number of hydrogen-bond acceptors (Lipinski definition) is 7. The first kappa shape index (κ1) is 25.0. The number of hydrogen-bond donors (Lipinski definition) is 2. The molecule has 1 saturated heterocycles. The van der Waals surface area contributed by atoms with Crippen LogP contribution in [-0.2, 0) is 25.5 Å². The molecule has 9 nitrogen and oxygen atoms in total. The van der Waals surface area contributed by atoms with Gasteiger partial charge in [-0.05, 0) is 62.1 Å². The number of carbonyl (C=O) groups excluding carboxylic acids is 2. The van der Waals surface area contributed by atoms with Crippen LogP contribution in [0.1, 0.15) is 57.4 Å². The minimum atomic E-state index is -0.719. The molecule has 2 amide bonds. The highest BCUT2D eigenvalue weighted by Gasteiger charge is 2.55. The Kier molecular flexibility index (Phi) is 6.63. The van der Waals surface area contributed by atoms with Crippen molar-refractivity contribution in [2.45, 2.75) is 76.5 Å². The van der Waals surface area contributed by atoms with Gasteiger partial charge in [0.2, 0.25) is 0 Å². The SMILES string of the molecule is CC1CC[C@H]2OC3=C4[C@H](CCC3)N=CC(OC(=O)N[C@H]3CCN(OCCc5ccccc5O)C3=O)=CC42C1. The van der Waals surface area contributed by atoms with Gasteiger partial charge in [-0.15, -0.1) is 0 Å². The molecule has 202 valence electrons. The number of benzene rings is 1. The number of carbonyl (C=O) groups is 2. The van der Waals surface area contributed by atoms with Gasteiger partial charge in [-0.3, -0.25) is 14.6 Å². The van der Waals surface area contributed by atoms with E-state index < -0.39 is 12.1 Å². The summed E-state index contributed by atoms with van der Waals surface area (Å²) in [4.78, 5) is 36.1. The van der Waals surface area contributed by atoms with Crippen molar-refractivity contribution in [1.82, 2.24) is 10.4 Å². The van der Waals surface area contributed by atoms with E-state index in [0.717, 1.165) is 49.8 Å². The molecule has 1 saturated carbocycles. The van der Waals surface area contributed by atoms with Crippen LogP contribution in [0.15, 0.2) is 52.4 Å². The molecule has 38 heavy (non-hydrogen) atoms. The predicted molar refractivity (Wildman–Crippen MR) is 139 cm³/mol. The second-order valence-corrected chi connectivity index (χ2v) is 11.1. The van der Waals surface area contributed by atoms with Crippen LogP contribution in [-0.4, -0.2) is 59.7 Å². The zero-order chi connectivity index (χ0) is 26.3. The van der Waals surface area contributed by atoms with Crippen LogP contribution < -0.4 is 5.32 Å². The highest BCUT2D eigenvalue weighted by molar-refractivity contribution is 5.88. The number of aliphatic imine (C=N–C) groups is 1. The molecule has 1 aromatic carbocycles. The second-order valence-electron chi connectivity index (χ2n) is 11.1. The fourth-order valence-corrected chi connectivity index (χ4v) is 6.81. The Balaban J connectivity index is 1.09. The van der Waals surface area contributed by atoms with Crippen LogP contribution in [0.4, 0.5) is 4.79 Å². The summed E-state index contributed by atoms with van der Waals surface area (Å²) in [6, 6.07) is 6.38. The highest BCUT2D eigenvalue weighted by Crippen LogP contribution is 2.58. The number of nitrogens with zero attached hydrogens (tertiary/aromatic N) is 2. The number of phenolic OH excluding ortho intramolecular Hbond substituents is 1. The van der Waals surface area contributed by atoms with Gasteiger partial charge in [-0.1, -0.05) is 25.1 Å². The Labute approximate surface area is 222 Å². The van der Waals surface area contributed by atoms with E-state index in [-0.39, 0.29) is 35.8 Å². The molecular formula is C29H35N3O6. The summed E-state index contributed by atoms with van der Waals surface area (Å²) in [5, 5.41) is 13.9. The van der Waals surface area contributed by atoms with Gasteiger partial charge < -0.3 is 19.9 Å². The number of ether oxygens (including phenoxy) is 2. The van der Waals surface area contributed by atoms with Gasteiger partial charge in [-0.25, -0.2) is 9.86 Å². The molecule has 0 radical (unpaired) electrons. The smallest absolute Gasteiger partial charge is 0.413 e. The minimum absolute atomic E-state index is 0.0626. The van der Waals surface area contributed by atoms with Gasteiger partial charge in [-0.2, -0.15) is 0 Å². The van der Waals surface area contributed by atoms with Gasteiger partial charge in [0.1, 0.15) is 23.7 Å². The number of phenols is 1. The Morgan fingerprint density at radius 3 is 3.00 bits per heavy atom. The molecular weight excluding hydrogens is 486 g/mol. The summed E-state index contributed by atoms with van der Waals surface area (Å²) in [5.74, 6) is 1.94. The summed E-state index contributed by atoms with van der Waals surface area (Å²) in [6.45, 7) is 2.89. The third kappa shape index (κ3) is 4.57. The van der Waals surface area contributed by atoms with E-state index >= 15 is 0 Å². The molecule has 3 aliphatic heterocycles. The van der Waals surface area contributed by atoms with E-state index in [1.165, 1.54) is 10.6 Å². The number of nitrogens with one attached hydrogen (secondary N) is 1. The van der Waals surface area contributed by atoms with Gasteiger partial charge in [0.15, 0.2) is 0 Å². The van der Waals surface area contributed by atoms with E-state index in [9.17, 15) is 14.7 Å². The number of alkyl carbamates (subject to hydrolysis) is 1. The van der Waals surface area contributed by atoms with E-state index in [1.54, 1.807) is 18.3 Å². The standard InChI is InChI=1S/C29H35N3O6/c1-18-9-10-25-29(15-18)16-20(17-30-21-6-4-8-24(38-25)26(21)29)37-28(35)31-22-11-13-32(27(22)34)36-14-12-19-5-2-3-7-23(19)33/h2-3,5,7,16-18,21-22,25,33H,4,6,8-15H2,1H3,(H,31,35)/t18?,21-,22-,25+,29?/m0/s1. The van der Waals surface area contributed by atoms with Gasteiger partial charge in [0, 0.05) is 18.4 Å². The van der Waals surface area contributed by atoms with Crippen molar-refractivity contribution >= 4 is 18.2 Å². The zero-order valence-corrected chi connectivity index (χ0v) is 21.7. The van der Waals surface area contributed by atoms with E-state index in [0.29, 0.717) is 31.1 Å². The van der Waals surface area contributed by atoms with Crippen molar-refractivity contribution in [2.24, 2.45) is 16.3 Å². The average molecular weight is 522 g/mol. The molecule has 2 fully saturated rings. The number of hydroxylamine groups is 2. The van der Waals surface area contributed by atoms with E-state index in [2.05, 4.69) is 18.3 Å². The van der Waals surface area contributed by atoms with Crippen LogP contribution in [0.2, 0.25) is 0 Å². The predicted octanol–water partition coefficient (Wildman–Crippen LogP) is 4.17. The first-order chi connectivity index (χ1) is 18.4. The lowest BCUT2D eigenvalue weighted by Gasteiger charge is -2.41. The summed E-state index contributed by atoms with van der Waals surface area (Å²) in [5.41, 5.74) is 1.75. The van der Waals surface area contributed by atoms with Gasteiger partial charge in [0.25, 0.3) is 5.91 Å². The fraction of sp³-hybridized carbons (Fsp3) is 0.552. The number of rotatable bonds is 6. The molecule has 5 aliphatic rings. The van der Waals surface area contributed by atoms with Crippen LogP contribution in [0.5, 0.6) is 5.75 Å². The molecule has 0 bridgehead atoms. The molecule has 3 heterocycles. The van der Waals surface area contributed by atoms with E-state index in [4.69, 9.17) is 19.3 Å². The third-order valence-electron chi connectivity index (χ3n) is 8.54. The van der Waals surface area contributed by atoms with Crippen molar-refractivity contribution in [1.29, 1.82) is 0 Å². The summed E-state index contributed by atoms with van der Waals surface area (Å²) in [6.07, 6.45) is 10.1. The fourth-order valence-electron chi connectivity index (χ4n) is 6.81. The average Bonchev–Trinajstić information content (AvgIpc) is 3.35. The van der Waals surface area contributed by atoms with Crippen LogP contribution >= 0.6 is 0 Å². The number of aromatic hydroxyl groups is 1. The quantitative estimate of drug-likeness (QED) is 0.582. The lowest BCUT2D eigenvalue weighted by Crippen LogP contribution is -2.42. The molecule has 6 rings (SSSR count). The molecule has 2 N–H and O–H groups in total. The number of allylic oxidation sites excluding steroid dienone is 2. The number of para-hydroxylation sites is 1. The highest BCUT2D eigenvalue weighted by atomic mass is 16.7. The first-order valence-electron chi connectivity index (χ1n) is 13.8. The van der Waals surface area contributed by atoms with Crippen molar-refractivity contribution < 1.29 is 29.0 Å². The Morgan fingerprint density at radius 2 is 2.13 bits per heavy atom. The maximum Gasteiger partial charge on any atom is 0.413 e. The maximum absolute atomic E-state index is 12.9. The number of amides is 2. The lowest BCUT2D eigenvalue weighted by atomic mass is 9.62. The van der Waals surface area contributed by atoms with Crippen LogP contribution in [0, 0.1) is 11.3 Å². The van der Waals surface area contributed by atoms with Crippen molar-refractivity contribution in [3.8, 4) is 5.75 Å². The first-order valence-corrected chi connectivity index (χ1v) is 13.8. The topological polar surface area (TPSA) is 110 Å². The van der Waals surface area contributed by atoms with Gasteiger partial charge >= 0.3 is 6.09 Å². The van der Waals surface area contributed by atoms with Gasteiger partial charge in [0.05, 0.1) is 36.6 Å². The monoisotopic (exact) mass is 521 g/mol. The second kappa shape index (κ2) is 10.1. The molecule has 1 spiro atoms. The molecule has 2 aliphatic carbocycles. The zero-order valence-electron chi connectivity index (χ0n) is 21.7. The van der Waals surface area contributed by atoms with E-state index in [1.807, 2.05) is 12.1 Å². The molecule has 1 aromatic rings. The Hall–Kier alpha value is -3.33. The summed E-state index contributed by atoms with van der Waals surface area (Å²) < 4.78 is 12.2. The van der Waals surface area contributed by atoms with Crippen molar-refractivity contribution in [2.75, 3.05) is 13.2 Å². The largest absolute Gasteiger partial charge is 0.508 e. The Bertz CT molecular complexity index is 1210. The lowest BCUT2D eigenvalue weighted by molar-refractivity contribution is -0.178. The molecule has 9 heteroatoms. The maximum atomic E-state index is 12.9. The normalized spacial score (nSPS) is 31.8. The third-order valence-corrected chi connectivity index (χ3v) is 8.54. The Morgan fingerprint density at radius 1 is 1.26 bits per heavy atom. The van der Waals surface area contributed by atoms with Crippen LogP contribution in [0.25, 0.3) is 0 Å². The summed E-state index contributed by atoms with van der Waals surface area (Å²) in [7, 11) is 0. The van der Waals surface area contributed by atoms with Crippen molar-refractivity contribution in [3.05, 3.63) is 53.0 Å². The summed E-state index contributed by atoms with van der Waals surface area (Å²) >= 11 is 0. The molecule has 5 atom stereocenters. The molecule has 2 unspecified atom stereocenters. The van der Waals surface area contributed by atoms with Crippen molar-refractivity contribution in [3.63, 3.8) is 0 Å². The van der Waals surface area contributed by atoms with Crippen LogP contribution in [0.3, 0.4) is 0 Å². The molecule has 0 aromatic heterocycles. The minimum Gasteiger partial charge on any atom is -0.508 e.